The summed E-state index contributed by atoms with van der Waals surface area (Å²) in [6, 6.07) is 3.21. The second kappa shape index (κ2) is 10.7. The summed E-state index contributed by atoms with van der Waals surface area (Å²) in [6.45, 7) is 4.03. The normalized spacial score (nSPS) is 15.9. The first-order valence-electron chi connectivity index (χ1n) is 9.71. The van der Waals surface area contributed by atoms with Crippen molar-refractivity contribution in [3.05, 3.63) is 33.8 Å². The van der Waals surface area contributed by atoms with Crippen LogP contribution < -0.4 is 0 Å². The minimum atomic E-state index is -2.72. The highest BCUT2D eigenvalue weighted by Gasteiger charge is 2.40. The van der Waals surface area contributed by atoms with Crippen LogP contribution in [0.3, 0.4) is 0 Å². The zero-order valence-corrected chi connectivity index (χ0v) is 18.3. The molecular formula is C20H29ClO6S. The molecule has 1 aromatic rings. The number of Topliss-reactive ketones (excluding diaryl/α,β-unsaturated/α-hetero) is 1. The number of halogens is 1. The van der Waals surface area contributed by atoms with E-state index in [1.165, 1.54) is 7.11 Å². The van der Waals surface area contributed by atoms with E-state index in [1.54, 1.807) is 26.0 Å². The maximum atomic E-state index is 13.1. The molecule has 1 aromatic carbocycles. The Labute approximate surface area is 173 Å². The zero-order valence-electron chi connectivity index (χ0n) is 16.7. The molecule has 0 atom stereocenters. The van der Waals surface area contributed by atoms with E-state index in [2.05, 4.69) is 0 Å². The van der Waals surface area contributed by atoms with E-state index in [0.29, 0.717) is 11.1 Å². The van der Waals surface area contributed by atoms with E-state index in [0.717, 1.165) is 32.1 Å². The number of hydrogen-bond acceptors (Lipinski definition) is 6. The third-order valence-electron chi connectivity index (χ3n) is 5.01. The first kappa shape index (κ1) is 23.3. The summed E-state index contributed by atoms with van der Waals surface area (Å²) in [7, 11) is -1.32. The van der Waals surface area contributed by atoms with Gasteiger partial charge >= 0.3 is 5.97 Å². The predicted octanol–water partition coefficient (Wildman–Crippen LogP) is 4.04. The molecule has 2 rings (SSSR count). The van der Waals surface area contributed by atoms with Crippen molar-refractivity contribution >= 4 is 28.1 Å². The number of carbonyl (C=O) groups excluding carboxylic acids is 1. The molecule has 28 heavy (non-hydrogen) atoms. The van der Waals surface area contributed by atoms with Gasteiger partial charge in [-0.25, -0.2) is 8.42 Å². The van der Waals surface area contributed by atoms with Gasteiger partial charge in [-0.2, -0.15) is 0 Å². The van der Waals surface area contributed by atoms with Gasteiger partial charge in [0.2, 0.25) is 0 Å². The van der Waals surface area contributed by atoms with Crippen molar-refractivity contribution in [1.82, 2.24) is 0 Å². The average molecular weight is 433 g/mol. The largest absolute Gasteiger partial charge is 0.327 e. The van der Waals surface area contributed by atoms with Crippen LogP contribution in [0, 0.1) is 5.92 Å². The Balaban J connectivity index is 2.62. The second-order valence-corrected chi connectivity index (χ2v) is 8.14. The molecule has 0 bridgehead atoms. The standard InChI is InChI=1S/C20H29ClO6S/c1-4-26-20(25-3,27-5-2)17-15(13-28(23)24)11-12-16(18(17)21)19(22)14-9-7-6-8-10-14/h11-12,14,28H,4-10,13H2,1-3H3. The van der Waals surface area contributed by atoms with Crippen molar-refractivity contribution in [3.63, 3.8) is 0 Å². The van der Waals surface area contributed by atoms with Crippen molar-refractivity contribution in [1.29, 1.82) is 0 Å². The van der Waals surface area contributed by atoms with Gasteiger partial charge in [0.05, 0.1) is 16.3 Å². The average Bonchev–Trinajstić information content (AvgIpc) is 2.68. The number of methoxy groups -OCH3 is 1. The van der Waals surface area contributed by atoms with Gasteiger partial charge < -0.3 is 14.2 Å². The van der Waals surface area contributed by atoms with E-state index in [-0.39, 0.29) is 41.3 Å². The van der Waals surface area contributed by atoms with E-state index >= 15 is 0 Å². The van der Waals surface area contributed by atoms with Gasteiger partial charge in [-0.3, -0.25) is 4.79 Å². The van der Waals surface area contributed by atoms with Crippen LogP contribution in [0.1, 0.15) is 67.4 Å². The molecule has 1 fully saturated rings. The van der Waals surface area contributed by atoms with Crippen molar-refractivity contribution in [2.45, 2.75) is 57.7 Å². The maximum absolute atomic E-state index is 13.1. The number of ether oxygens (including phenoxy) is 3. The molecule has 0 amide bonds. The van der Waals surface area contributed by atoms with E-state index in [1.807, 2.05) is 0 Å². The Bertz CT molecular complexity index is 741. The van der Waals surface area contributed by atoms with Gasteiger partial charge in [-0.1, -0.05) is 36.9 Å². The summed E-state index contributed by atoms with van der Waals surface area (Å²) in [4.78, 5) is 13.1. The van der Waals surface area contributed by atoms with E-state index in [4.69, 9.17) is 25.8 Å². The lowest BCUT2D eigenvalue weighted by Gasteiger charge is -2.34. The van der Waals surface area contributed by atoms with Gasteiger partial charge in [0.25, 0.3) is 0 Å². The fraction of sp³-hybridized carbons (Fsp3) is 0.650. The minimum Gasteiger partial charge on any atom is -0.327 e. The number of hydrogen-bond donors (Lipinski definition) is 1. The molecule has 6 nitrogen and oxygen atoms in total. The van der Waals surface area contributed by atoms with Crippen LogP contribution in [-0.2, 0) is 36.6 Å². The number of thiol groups is 1. The smallest absolute Gasteiger partial charge is 0.313 e. The lowest BCUT2D eigenvalue weighted by Crippen LogP contribution is -2.37. The lowest BCUT2D eigenvalue weighted by atomic mass is 9.83. The molecule has 0 heterocycles. The molecule has 0 saturated heterocycles. The van der Waals surface area contributed by atoms with Gasteiger partial charge in [0.1, 0.15) is 10.7 Å². The molecule has 158 valence electrons. The van der Waals surface area contributed by atoms with Crippen molar-refractivity contribution in [2.24, 2.45) is 5.92 Å². The molecule has 0 aliphatic heterocycles. The van der Waals surface area contributed by atoms with Gasteiger partial charge in [0, 0.05) is 31.8 Å². The molecule has 0 spiro atoms. The summed E-state index contributed by atoms with van der Waals surface area (Å²) in [5.74, 6) is -2.03. The first-order chi connectivity index (χ1) is 13.4. The molecule has 0 N–H and O–H groups in total. The SMILES string of the molecule is CCOC(OC)(OCC)c1c(C[SH](=O)=O)ccc(C(=O)C2CCCCC2)c1Cl. The fourth-order valence-electron chi connectivity index (χ4n) is 3.78. The Morgan fingerprint density at radius 2 is 1.75 bits per heavy atom. The van der Waals surface area contributed by atoms with E-state index in [9.17, 15) is 13.2 Å². The summed E-state index contributed by atoms with van der Waals surface area (Å²) in [5, 5.41) is 0.133. The van der Waals surface area contributed by atoms with Gasteiger partial charge in [-0.15, -0.1) is 0 Å². The van der Waals surface area contributed by atoms with Gasteiger partial charge in [0.15, 0.2) is 5.78 Å². The molecule has 8 heteroatoms. The second-order valence-electron chi connectivity index (χ2n) is 6.78. The number of carbonyl (C=O) groups is 1. The third-order valence-corrected chi connectivity index (χ3v) is 6.00. The Morgan fingerprint density at radius 1 is 1.14 bits per heavy atom. The van der Waals surface area contributed by atoms with Crippen LogP contribution in [0.5, 0.6) is 0 Å². The summed E-state index contributed by atoms with van der Waals surface area (Å²) in [6.07, 6.45) is 4.86. The molecule has 1 saturated carbocycles. The molecular weight excluding hydrogens is 404 g/mol. The summed E-state index contributed by atoms with van der Waals surface area (Å²) in [5.41, 5.74) is 1.00. The molecule has 0 aromatic heterocycles. The number of rotatable bonds is 10. The van der Waals surface area contributed by atoms with Crippen molar-refractivity contribution in [3.8, 4) is 0 Å². The maximum Gasteiger partial charge on any atom is 0.313 e. The summed E-state index contributed by atoms with van der Waals surface area (Å²) < 4.78 is 39.9. The van der Waals surface area contributed by atoms with Gasteiger partial charge in [-0.05, 0) is 38.3 Å². The quantitative estimate of drug-likeness (QED) is 0.341. The van der Waals surface area contributed by atoms with Crippen molar-refractivity contribution < 1.29 is 27.4 Å². The monoisotopic (exact) mass is 432 g/mol. The highest BCUT2D eigenvalue weighted by molar-refractivity contribution is 7.71. The van der Waals surface area contributed by atoms with Crippen LogP contribution in [-0.4, -0.2) is 34.5 Å². The minimum absolute atomic E-state index is 0.0259. The van der Waals surface area contributed by atoms with Crippen LogP contribution in [0.15, 0.2) is 12.1 Å². The van der Waals surface area contributed by atoms with Crippen LogP contribution in [0.2, 0.25) is 5.02 Å². The predicted molar refractivity (Wildman–Crippen MR) is 108 cm³/mol. The fourth-order valence-corrected chi connectivity index (χ4v) is 4.71. The molecule has 1 aliphatic carbocycles. The topological polar surface area (TPSA) is 78.9 Å². The highest BCUT2D eigenvalue weighted by Crippen LogP contribution is 2.40. The van der Waals surface area contributed by atoms with E-state index < -0.39 is 16.7 Å². The lowest BCUT2D eigenvalue weighted by molar-refractivity contribution is -0.381. The first-order valence-corrected chi connectivity index (χ1v) is 11.4. The molecule has 0 radical (unpaired) electrons. The highest BCUT2D eigenvalue weighted by atomic mass is 35.5. The Hall–Kier alpha value is -0.990. The van der Waals surface area contributed by atoms with Crippen molar-refractivity contribution in [2.75, 3.05) is 20.3 Å². The number of benzene rings is 1. The van der Waals surface area contributed by atoms with Crippen LogP contribution in [0.4, 0.5) is 0 Å². The Morgan fingerprint density at radius 3 is 2.25 bits per heavy atom. The zero-order chi connectivity index (χ0) is 20.7. The number of ketones is 1. The Kier molecular flexibility index (Phi) is 8.89. The summed E-state index contributed by atoms with van der Waals surface area (Å²) >= 11 is 6.69. The van der Waals surface area contributed by atoms with Crippen LogP contribution in [0.25, 0.3) is 0 Å². The molecule has 1 aliphatic rings. The van der Waals surface area contributed by atoms with Crippen LogP contribution >= 0.6 is 11.6 Å². The third kappa shape index (κ3) is 5.13. The molecule has 0 unspecified atom stereocenters.